The first-order valence-electron chi connectivity index (χ1n) is 22.4. The van der Waals surface area contributed by atoms with Crippen LogP contribution in [0.4, 0.5) is 23.1 Å². The van der Waals surface area contributed by atoms with Crippen LogP contribution in [0.15, 0.2) is 54.9 Å². The Morgan fingerprint density at radius 2 is 1.49 bits per heavy atom. The van der Waals surface area contributed by atoms with Crippen molar-refractivity contribution in [3.05, 3.63) is 66.1 Å². The average molecular weight is 830 g/mol. The minimum absolute atomic E-state index is 0.0289. The highest BCUT2D eigenvalue weighted by atomic mass is 16.2. The van der Waals surface area contributed by atoms with Crippen LogP contribution in [-0.2, 0) is 14.4 Å². The first-order valence-corrected chi connectivity index (χ1v) is 22.4. The number of amides is 4. The number of carbonyl (C=O) groups excluding carboxylic acids is 4. The minimum atomic E-state index is -0.247. The number of imide groups is 1. The molecule has 4 aliphatic heterocycles. The summed E-state index contributed by atoms with van der Waals surface area (Å²) in [5, 5.41) is 6.60. The summed E-state index contributed by atoms with van der Waals surface area (Å²) in [4.78, 5) is 75.7. The Bertz CT molecular complexity index is 2210. The fourth-order valence-corrected chi connectivity index (χ4v) is 10.2. The van der Waals surface area contributed by atoms with Crippen LogP contribution in [0.5, 0.6) is 0 Å². The van der Waals surface area contributed by atoms with Gasteiger partial charge in [-0.05, 0) is 99.8 Å². The third kappa shape index (κ3) is 8.93. The summed E-state index contributed by atoms with van der Waals surface area (Å²) in [7, 11) is 3.56. The van der Waals surface area contributed by atoms with Gasteiger partial charge >= 0.3 is 0 Å². The lowest BCUT2D eigenvalue weighted by Gasteiger charge is -2.40. The molecule has 1 aliphatic carbocycles. The van der Waals surface area contributed by atoms with E-state index in [0.717, 1.165) is 119 Å². The van der Waals surface area contributed by atoms with Crippen molar-refractivity contribution in [1.29, 1.82) is 0 Å². The standard InChI is InChI=1S/C46H59N11O4/c1-52(2)45(61)39-27-34-28-48-46(51-42(34)57(39)36-5-3-4-6-36)49-40-13-11-37(29-47-40)55-23-25-56(26-24-55)44(60)33-17-19-53(20-18-33)30-31-15-21-54(22-16-31)35-9-7-32(8-10-35)38-12-14-41(58)50-43(38)59/h7-11,13,27-29,31,33,36,38H,3-6,12,14-26,30H2,1-2H3,(H,50,58,59)(H,47,48,49,51). The molecule has 4 saturated heterocycles. The third-order valence-electron chi connectivity index (χ3n) is 13.8. The Hall–Kier alpha value is -5.57. The number of benzene rings is 1. The molecule has 5 aliphatic rings. The number of anilines is 4. The highest BCUT2D eigenvalue weighted by Crippen LogP contribution is 2.35. The largest absolute Gasteiger partial charge is 0.372 e. The van der Waals surface area contributed by atoms with Gasteiger partial charge < -0.3 is 34.4 Å². The van der Waals surface area contributed by atoms with Crippen molar-refractivity contribution >= 4 is 57.8 Å². The van der Waals surface area contributed by atoms with E-state index in [2.05, 4.69) is 58.0 Å². The summed E-state index contributed by atoms with van der Waals surface area (Å²) in [6.45, 7) is 8.06. The number of aromatic nitrogens is 4. The van der Waals surface area contributed by atoms with E-state index in [-0.39, 0.29) is 35.6 Å². The molecule has 322 valence electrons. The smallest absolute Gasteiger partial charge is 0.270 e. The van der Waals surface area contributed by atoms with E-state index < -0.39 is 0 Å². The van der Waals surface area contributed by atoms with Gasteiger partial charge in [-0.25, -0.2) is 9.97 Å². The molecule has 15 nitrogen and oxygen atoms in total. The molecule has 0 bridgehead atoms. The molecule has 9 rings (SSSR count). The Kier molecular flexibility index (Phi) is 11.9. The number of carbonyl (C=O) groups is 4. The molecule has 4 aromatic rings. The fraction of sp³-hybridized carbons (Fsp3) is 0.543. The molecule has 0 radical (unpaired) electrons. The summed E-state index contributed by atoms with van der Waals surface area (Å²) in [6.07, 6.45) is 13.1. The maximum atomic E-state index is 13.7. The van der Waals surface area contributed by atoms with Gasteiger partial charge in [0.15, 0.2) is 0 Å². The van der Waals surface area contributed by atoms with Gasteiger partial charge in [-0.15, -0.1) is 0 Å². The SMILES string of the molecule is CN(C)C(=O)c1cc2cnc(Nc3ccc(N4CCN(C(=O)C5CCN(CC6CCN(c7ccc(C8CCC(=O)NC8=O)cc7)CC6)CC5)CC4)cn3)nc2n1C1CCCC1. The van der Waals surface area contributed by atoms with Gasteiger partial charge in [0.1, 0.15) is 17.2 Å². The Balaban J connectivity index is 0.709. The molecule has 5 fully saturated rings. The monoisotopic (exact) mass is 829 g/mol. The van der Waals surface area contributed by atoms with Gasteiger partial charge in [-0.1, -0.05) is 25.0 Å². The van der Waals surface area contributed by atoms with Crippen molar-refractivity contribution in [2.45, 2.75) is 76.2 Å². The van der Waals surface area contributed by atoms with Crippen molar-refractivity contribution in [1.82, 2.24) is 39.5 Å². The van der Waals surface area contributed by atoms with Gasteiger partial charge in [-0.2, -0.15) is 4.98 Å². The van der Waals surface area contributed by atoms with E-state index in [4.69, 9.17) is 9.97 Å². The van der Waals surface area contributed by atoms with Crippen LogP contribution in [0.3, 0.4) is 0 Å². The van der Waals surface area contributed by atoms with Crippen molar-refractivity contribution in [3.63, 3.8) is 0 Å². The van der Waals surface area contributed by atoms with E-state index in [1.165, 1.54) is 5.69 Å². The summed E-state index contributed by atoms with van der Waals surface area (Å²) < 4.78 is 2.12. The van der Waals surface area contributed by atoms with Crippen LogP contribution in [0.25, 0.3) is 11.0 Å². The second kappa shape index (κ2) is 17.8. The lowest BCUT2D eigenvalue weighted by Crippen LogP contribution is -2.52. The molecule has 61 heavy (non-hydrogen) atoms. The zero-order chi connectivity index (χ0) is 42.0. The number of piperidine rings is 3. The quantitative estimate of drug-likeness (QED) is 0.204. The molecule has 4 amide bonds. The van der Waals surface area contributed by atoms with Crippen LogP contribution >= 0.6 is 0 Å². The molecule has 2 N–H and O–H groups in total. The molecule has 15 heteroatoms. The van der Waals surface area contributed by atoms with Crippen molar-refractivity contribution < 1.29 is 19.2 Å². The van der Waals surface area contributed by atoms with Crippen molar-refractivity contribution in [2.24, 2.45) is 11.8 Å². The first-order chi connectivity index (χ1) is 29.7. The van der Waals surface area contributed by atoms with Crippen LogP contribution < -0.4 is 20.4 Å². The predicted octanol–water partition coefficient (Wildman–Crippen LogP) is 5.18. The molecule has 3 aromatic heterocycles. The van der Waals surface area contributed by atoms with Crippen LogP contribution in [0.1, 0.15) is 92.2 Å². The van der Waals surface area contributed by atoms with E-state index in [0.29, 0.717) is 55.2 Å². The third-order valence-corrected chi connectivity index (χ3v) is 13.8. The second-order valence-electron chi connectivity index (χ2n) is 17.9. The number of hydrogen-bond acceptors (Lipinski definition) is 11. The second-order valence-corrected chi connectivity index (χ2v) is 17.9. The topological polar surface area (TPSA) is 152 Å². The number of fused-ring (bicyclic) bond motifs is 1. The van der Waals surface area contributed by atoms with Crippen LogP contribution in [0, 0.1) is 11.8 Å². The van der Waals surface area contributed by atoms with Crippen molar-refractivity contribution in [3.8, 4) is 0 Å². The number of hydrogen-bond donors (Lipinski definition) is 2. The zero-order valence-electron chi connectivity index (χ0n) is 35.6. The summed E-state index contributed by atoms with van der Waals surface area (Å²) in [5.41, 5.74) is 4.62. The number of nitrogens with zero attached hydrogens (tertiary/aromatic N) is 9. The molecule has 1 unspecified atom stereocenters. The fourth-order valence-electron chi connectivity index (χ4n) is 10.2. The van der Waals surface area contributed by atoms with Crippen molar-refractivity contribution in [2.75, 3.05) is 88.1 Å². The normalized spacial score (nSPS) is 21.3. The Morgan fingerprint density at radius 3 is 2.16 bits per heavy atom. The van der Waals surface area contributed by atoms with Gasteiger partial charge in [-0.3, -0.25) is 24.5 Å². The van der Waals surface area contributed by atoms with Gasteiger partial charge in [0.05, 0.1) is 17.8 Å². The van der Waals surface area contributed by atoms with Gasteiger partial charge in [0, 0.05) is 95.6 Å². The molecular weight excluding hydrogens is 771 g/mol. The van der Waals surface area contributed by atoms with Crippen LogP contribution in [0.2, 0.25) is 0 Å². The van der Waals surface area contributed by atoms with E-state index in [1.54, 1.807) is 25.2 Å². The summed E-state index contributed by atoms with van der Waals surface area (Å²) >= 11 is 0. The molecule has 7 heterocycles. The average Bonchev–Trinajstić information content (AvgIpc) is 3.95. The Morgan fingerprint density at radius 1 is 0.787 bits per heavy atom. The number of piperazine rings is 1. The molecule has 1 saturated carbocycles. The zero-order valence-corrected chi connectivity index (χ0v) is 35.6. The number of pyridine rings is 1. The maximum Gasteiger partial charge on any atom is 0.270 e. The lowest BCUT2D eigenvalue weighted by molar-refractivity contribution is -0.137. The molecule has 1 atom stereocenters. The number of likely N-dealkylation sites (tertiary alicyclic amines) is 1. The minimum Gasteiger partial charge on any atom is -0.372 e. The van der Waals surface area contributed by atoms with E-state index in [1.807, 2.05) is 30.5 Å². The predicted molar refractivity (Wildman–Crippen MR) is 235 cm³/mol. The number of rotatable bonds is 10. The van der Waals surface area contributed by atoms with Gasteiger partial charge in [0.25, 0.3) is 5.91 Å². The van der Waals surface area contributed by atoms with E-state index >= 15 is 0 Å². The Labute approximate surface area is 357 Å². The molecule has 0 spiro atoms. The number of nitrogens with one attached hydrogen (secondary N) is 2. The maximum absolute atomic E-state index is 13.7. The lowest BCUT2D eigenvalue weighted by atomic mass is 9.90. The van der Waals surface area contributed by atoms with Gasteiger partial charge in [0.2, 0.25) is 23.7 Å². The summed E-state index contributed by atoms with van der Waals surface area (Å²) in [6, 6.07) is 14.5. The molecule has 1 aromatic carbocycles. The van der Waals surface area contributed by atoms with Crippen LogP contribution in [-0.4, -0.2) is 131 Å². The highest BCUT2D eigenvalue weighted by Gasteiger charge is 2.33. The first kappa shape index (κ1) is 40.8. The highest BCUT2D eigenvalue weighted by molar-refractivity contribution is 6.01. The van der Waals surface area contributed by atoms with E-state index in [9.17, 15) is 19.2 Å². The summed E-state index contributed by atoms with van der Waals surface area (Å²) in [5.74, 6) is 1.51. The molecular formula is C46H59N11O4.